The monoisotopic (exact) mass is 1960 g/mol. The summed E-state index contributed by atoms with van der Waals surface area (Å²) in [6.07, 6.45) is 20.1. The molecule has 0 saturated carbocycles. The number of alkyl halides is 1. The SMILES string of the molecule is COC(=O)N1CCc2c([nH]c3ccc(Cl)cc23)C1c1ccc(OCCCn2ccnc2)cc1.COCCOC(=O)N1CCc2c([nH]c3ccc(Cl)cc23)C1c1ccc(OCCCn2ccnc2)cc1.COCCOc1ccc(C2c3[nH]c4ccc(Cl)cc4c3CCN2C(=O)Oc2ccc(F)cc2)cc1.O=C(OCCF)N1CCc2c([nH]c3ccc(Cl)cc23)C1c1ccc(OCCCn2ccnc2)cc1. The quantitative estimate of drug-likeness (QED) is 0.0250. The molecule has 20 rings (SSSR count). The van der Waals surface area contributed by atoms with Crippen LogP contribution < -0.4 is 23.7 Å². The lowest BCUT2D eigenvalue weighted by molar-refractivity contribution is 0.0629. The Morgan fingerprint density at radius 2 is 0.647 bits per heavy atom. The third kappa shape index (κ3) is 23.2. The molecule has 28 nitrogen and oxygen atoms in total. The van der Waals surface area contributed by atoms with Gasteiger partial charge in [-0.25, -0.2) is 42.9 Å². The van der Waals surface area contributed by atoms with Gasteiger partial charge in [-0.3, -0.25) is 19.6 Å². The zero-order valence-electron chi connectivity index (χ0n) is 76.7. The molecule has 4 N–H and O–H groups in total. The minimum Gasteiger partial charge on any atom is -0.494 e. The molecular weight excluding hydrogens is 1860 g/mol. The van der Waals surface area contributed by atoms with E-state index in [1.807, 2.05) is 202 Å². The molecule has 0 radical (unpaired) electrons. The number of hydrogen-bond donors (Lipinski definition) is 4. The molecule has 9 aromatic carbocycles. The summed E-state index contributed by atoms with van der Waals surface area (Å²) in [6, 6.07) is 58.4. The molecule has 0 bridgehead atoms. The molecule has 4 amide bonds. The van der Waals surface area contributed by atoms with Gasteiger partial charge in [-0.1, -0.05) is 94.9 Å². The van der Waals surface area contributed by atoms with E-state index in [4.69, 9.17) is 93.8 Å². The number of carbonyl (C=O) groups excluding carboxylic acids is 4. The van der Waals surface area contributed by atoms with Crippen LogP contribution in [0.25, 0.3) is 43.6 Å². The van der Waals surface area contributed by atoms with Crippen molar-refractivity contribution in [1.29, 1.82) is 0 Å². The van der Waals surface area contributed by atoms with Crippen molar-refractivity contribution in [3.63, 3.8) is 0 Å². The lowest BCUT2D eigenvalue weighted by Gasteiger charge is -2.35. The van der Waals surface area contributed by atoms with Crippen molar-refractivity contribution in [2.75, 3.05) is 107 Å². The van der Waals surface area contributed by atoms with E-state index in [1.54, 1.807) is 71.4 Å². The number of hydrogen-bond acceptors (Lipinski definition) is 17. The Morgan fingerprint density at radius 1 is 0.353 bits per heavy atom. The highest BCUT2D eigenvalue weighted by atomic mass is 35.5. The first-order chi connectivity index (χ1) is 67.9. The van der Waals surface area contributed by atoms with Crippen LogP contribution in [-0.2, 0) is 69.0 Å². The molecule has 7 aromatic heterocycles. The first-order valence-electron chi connectivity index (χ1n) is 45.9. The smallest absolute Gasteiger partial charge is 0.416 e. The molecule has 4 atom stereocenters. The molecular formula is C105H104Cl4F2N14O14. The summed E-state index contributed by atoms with van der Waals surface area (Å²) in [6.45, 7) is 6.88. The maximum absolute atomic E-state index is 13.3. The van der Waals surface area contributed by atoms with Crippen molar-refractivity contribution in [1.82, 2.24) is 68.2 Å². The number of rotatable bonds is 29. The minimum absolute atomic E-state index is 0.208. The van der Waals surface area contributed by atoms with E-state index < -0.39 is 36.8 Å². The van der Waals surface area contributed by atoms with Gasteiger partial charge in [0.15, 0.2) is 0 Å². The highest BCUT2D eigenvalue weighted by Crippen LogP contribution is 2.46. The van der Waals surface area contributed by atoms with Gasteiger partial charge in [0.2, 0.25) is 0 Å². The van der Waals surface area contributed by atoms with E-state index in [2.05, 4.69) is 34.9 Å². The molecule has 0 aliphatic carbocycles. The molecule has 11 heterocycles. The number of imidazole rings is 3. The van der Waals surface area contributed by atoms with E-state index in [1.165, 1.54) is 42.5 Å². The molecule has 4 unspecified atom stereocenters. The van der Waals surface area contributed by atoms with E-state index >= 15 is 0 Å². The Labute approximate surface area is 820 Å². The summed E-state index contributed by atoms with van der Waals surface area (Å²) >= 11 is 25.1. The topological polar surface area (TPSA) is 290 Å². The number of nitrogens with zero attached hydrogens (tertiary/aromatic N) is 10. The summed E-state index contributed by atoms with van der Waals surface area (Å²) in [7, 11) is 4.63. The fourth-order valence-corrected chi connectivity index (χ4v) is 19.0. The largest absolute Gasteiger partial charge is 0.494 e. The minimum atomic E-state index is -0.715. The second-order valence-electron chi connectivity index (χ2n) is 33.5. The van der Waals surface area contributed by atoms with E-state index in [0.29, 0.717) is 111 Å². The normalized spacial score (nSPS) is 15.3. The van der Waals surface area contributed by atoms with Crippen molar-refractivity contribution >= 4 is 114 Å². The van der Waals surface area contributed by atoms with Crippen LogP contribution in [0.3, 0.4) is 0 Å². The Balaban J connectivity index is 0.000000128. The van der Waals surface area contributed by atoms with Gasteiger partial charge in [0.25, 0.3) is 0 Å². The number of aryl methyl sites for hydroxylation is 3. The highest BCUT2D eigenvalue weighted by molar-refractivity contribution is 6.32. The van der Waals surface area contributed by atoms with Crippen LogP contribution in [-0.4, -0.2) is 200 Å². The summed E-state index contributed by atoms with van der Waals surface area (Å²) in [5.41, 5.74) is 16.1. The number of amides is 4. The van der Waals surface area contributed by atoms with Gasteiger partial charge in [0, 0.05) is 184 Å². The number of ether oxygens (including phenoxy) is 10. The molecule has 34 heteroatoms. The first kappa shape index (κ1) is 96.7. The average molecular weight is 1970 g/mol. The Hall–Kier alpha value is -14.0. The number of aromatic amines is 4. The zero-order chi connectivity index (χ0) is 96.3. The molecule has 4 aliphatic heterocycles. The maximum atomic E-state index is 13.3. The fraction of sp³-hybridized carbons (Fsp3) is 0.286. The van der Waals surface area contributed by atoms with Gasteiger partial charge in [-0.05, 0) is 235 Å². The molecule has 16 aromatic rings. The summed E-state index contributed by atoms with van der Waals surface area (Å²) < 4.78 is 86.9. The van der Waals surface area contributed by atoms with Crippen molar-refractivity contribution < 1.29 is 75.3 Å². The number of nitrogens with one attached hydrogen (secondary N) is 4. The summed E-state index contributed by atoms with van der Waals surface area (Å²) in [4.78, 5) is 84.8. The van der Waals surface area contributed by atoms with Crippen LogP contribution in [0.2, 0.25) is 20.1 Å². The van der Waals surface area contributed by atoms with Crippen LogP contribution in [0.15, 0.2) is 250 Å². The number of fused-ring (bicyclic) bond motifs is 12. The predicted octanol–water partition coefficient (Wildman–Crippen LogP) is 22.1. The summed E-state index contributed by atoms with van der Waals surface area (Å²) in [5, 5.41) is 7.00. The average Bonchev–Trinajstić information content (AvgIpc) is 1.63. The van der Waals surface area contributed by atoms with Gasteiger partial charge in [0.1, 0.15) is 85.2 Å². The van der Waals surface area contributed by atoms with Crippen molar-refractivity contribution in [3.8, 4) is 28.7 Å². The second kappa shape index (κ2) is 46.0. The second-order valence-corrected chi connectivity index (χ2v) is 35.3. The Kier molecular flexibility index (Phi) is 32.0. The van der Waals surface area contributed by atoms with Gasteiger partial charge >= 0.3 is 24.4 Å². The van der Waals surface area contributed by atoms with Crippen LogP contribution in [0.1, 0.15) is 111 Å². The molecule has 139 heavy (non-hydrogen) atoms. The van der Waals surface area contributed by atoms with Crippen LogP contribution >= 0.6 is 46.4 Å². The number of benzene rings is 9. The number of halogens is 6. The van der Waals surface area contributed by atoms with Crippen molar-refractivity contribution in [2.45, 2.75) is 88.7 Å². The van der Waals surface area contributed by atoms with E-state index in [0.717, 1.165) is 162 Å². The lowest BCUT2D eigenvalue weighted by atomic mass is 9.92. The van der Waals surface area contributed by atoms with Crippen molar-refractivity contribution in [3.05, 3.63) is 343 Å². The van der Waals surface area contributed by atoms with Gasteiger partial charge in [0.05, 0.1) is 59.1 Å². The van der Waals surface area contributed by atoms with Crippen LogP contribution in [0.5, 0.6) is 28.7 Å². The first-order valence-corrected chi connectivity index (χ1v) is 47.4. The fourth-order valence-electron chi connectivity index (χ4n) is 18.3. The van der Waals surface area contributed by atoms with Gasteiger partial charge in [-0.2, -0.15) is 0 Å². The molecule has 0 fully saturated rings. The molecule has 4 aliphatic rings. The third-order valence-corrected chi connectivity index (χ3v) is 25.7. The highest BCUT2D eigenvalue weighted by Gasteiger charge is 2.41. The number of H-pyrrole nitrogens is 4. The summed E-state index contributed by atoms with van der Waals surface area (Å²) in [5.74, 6) is 2.95. The van der Waals surface area contributed by atoms with Crippen LogP contribution in [0.4, 0.5) is 28.0 Å². The number of methoxy groups -OCH3 is 3. The van der Waals surface area contributed by atoms with E-state index in [9.17, 15) is 28.0 Å². The Bertz CT molecular complexity index is 6810. The third-order valence-electron chi connectivity index (χ3n) is 24.8. The Morgan fingerprint density at radius 3 is 0.950 bits per heavy atom. The predicted molar refractivity (Wildman–Crippen MR) is 528 cm³/mol. The maximum Gasteiger partial charge on any atom is 0.416 e. The van der Waals surface area contributed by atoms with Gasteiger partial charge < -0.3 is 81.0 Å². The van der Waals surface area contributed by atoms with Crippen molar-refractivity contribution in [2.24, 2.45) is 0 Å². The molecule has 720 valence electrons. The zero-order valence-corrected chi connectivity index (χ0v) is 79.7. The molecule has 0 saturated heterocycles. The lowest BCUT2D eigenvalue weighted by Crippen LogP contribution is -2.42. The number of aromatic nitrogens is 10. The standard InChI is InChI=1S/C27H24ClFN2O4.C27H29ClN4O4.C26H26ClFN4O3.C25H25ClN4O3/c1-33-14-15-34-20-7-2-17(3-8-20)26-25-22(23-16-18(28)4-11-24(23)30-25)12-13-31(26)27(32)35-21-9-5-19(29)6-10-21;1-34-15-16-36-27(33)32-12-9-22-23-17-20(28)5-8-24(23)30-25(22)26(32)19-3-6-21(7-4-19)35-14-2-11-31-13-10-29-18-31;27-19-4-7-23-22(16-19)21-8-12-32(26(33)35-15-9-28)25(24(21)30-23)18-2-5-20(6-3-18)34-14-1-11-31-13-10-29-17-31;1-32-25(31)30-12-9-20-21-15-18(26)5-8-22(21)28-23(20)24(30)17-3-6-19(7-4-17)33-14-2-11-29-13-10-27-16-29/h2-11,16,26,30H,12-15H2,1H3;3-8,10,13,17-18,26,30H,2,9,11-12,14-16H2,1H3;2-7,10,13,16-17,25,30H,1,8-9,11-12,14-15H2;3-8,10,13,15-16,24,28H,2,9,11-12,14H2,1H3. The van der Waals surface area contributed by atoms with Crippen LogP contribution in [0, 0.1) is 5.82 Å². The number of carbonyl (C=O) groups is 4. The van der Waals surface area contributed by atoms with Gasteiger partial charge in [-0.15, -0.1) is 0 Å². The molecule has 0 spiro atoms. The van der Waals surface area contributed by atoms with E-state index in [-0.39, 0.29) is 43.2 Å².